The van der Waals surface area contributed by atoms with E-state index in [1.165, 1.54) is 33.7 Å². The normalized spacial score (nSPS) is 17.6. The lowest BCUT2D eigenvalue weighted by Gasteiger charge is -2.19. The Labute approximate surface area is 221 Å². The summed E-state index contributed by atoms with van der Waals surface area (Å²) in [4.78, 5) is 0. The molecule has 2 aliphatic heterocycles. The molecular formula is C35H36NO+. The highest BCUT2D eigenvalue weighted by Crippen LogP contribution is 2.39. The zero-order chi connectivity index (χ0) is 26.0. The largest absolute Gasteiger partial charge is 0.457 e. The van der Waals surface area contributed by atoms with Gasteiger partial charge in [0.05, 0.1) is 5.41 Å². The highest BCUT2D eigenvalue weighted by molar-refractivity contribution is 6.03. The van der Waals surface area contributed by atoms with E-state index in [-0.39, 0.29) is 5.41 Å². The summed E-state index contributed by atoms with van der Waals surface area (Å²) in [6.07, 6.45) is 12.8. The fourth-order valence-corrected chi connectivity index (χ4v) is 5.29. The van der Waals surface area contributed by atoms with Crippen LogP contribution in [0.4, 0.5) is 5.69 Å². The predicted molar refractivity (Wildman–Crippen MR) is 156 cm³/mol. The van der Waals surface area contributed by atoms with Gasteiger partial charge >= 0.3 is 0 Å². The van der Waals surface area contributed by atoms with Crippen molar-refractivity contribution in [2.45, 2.75) is 46.0 Å². The summed E-state index contributed by atoms with van der Waals surface area (Å²) in [5.41, 5.74) is 9.95. The van der Waals surface area contributed by atoms with E-state index >= 15 is 0 Å². The number of aryl methyl sites for hydroxylation is 2. The van der Waals surface area contributed by atoms with E-state index < -0.39 is 0 Å². The van der Waals surface area contributed by atoms with Crippen LogP contribution in [0.15, 0.2) is 109 Å². The quantitative estimate of drug-likeness (QED) is 0.319. The molecule has 3 aromatic rings. The van der Waals surface area contributed by atoms with E-state index in [2.05, 4.69) is 142 Å². The second kappa shape index (κ2) is 10.2. The monoisotopic (exact) mass is 486 g/mol. The summed E-state index contributed by atoms with van der Waals surface area (Å²) in [5.74, 6) is 1.71. The van der Waals surface area contributed by atoms with Crippen molar-refractivity contribution in [3.8, 4) is 0 Å². The number of fused-ring (bicyclic) bond motifs is 1. The lowest BCUT2D eigenvalue weighted by atomic mass is 9.81. The van der Waals surface area contributed by atoms with E-state index in [9.17, 15) is 0 Å². The molecule has 2 nitrogen and oxygen atoms in total. The van der Waals surface area contributed by atoms with Crippen LogP contribution in [0.5, 0.6) is 0 Å². The molecule has 3 aromatic carbocycles. The lowest BCUT2D eigenvalue weighted by Crippen LogP contribution is -2.26. The third-order valence-electron chi connectivity index (χ3n) is 7.61. The highest BCUT2D eigenvalue weighted by atomic mass is 16.5. The molecule has 0 aromatic heterocycles. The number of hydrogen-bond donors (Lipinski definition) is 0. The summed E-state index contributed by atoms with van der Waals surface area (Å²) in [5, 5.41) is 0. The van der Waals surface area contributed by atoms with Gasteiger partial charge in [0.1, 0.15) is 18.6 Å². The minimum Gasteiger partial charge on any atom is -0.457 e. The number of hydrogen-bond acceptors (Lipinski definition) is 1. The summed E-state index contributed by atoms with van der Waals surface area (Å²) in [7, 11) is 2.15. The van der Waals surface area contributed by atoms with Crippen molar-refractivity contribution in [1.29, 1.82) is 0 Å². The van der Waals surface area contributed by atoms with E-state index in [1.807, 2.05) is 0 Å². The second-order valence-corrected chi connectivity index (χ2v) is 10.3. The number of para-hydroxylation sites is 1. The molecule has 0 fully saturated rings. The average Bonchev–Trinajstić information content (AvgIpc) is 3.13. The Morgan fingerprint density at radius 1 is 0.784 bits per heavy atom. The summed E-state index contributed by atoms with van der Waals surface area (Å²) in [6.45, 7) is 8.95. The van der Waals surface area contributed by atoms with E-state index in [1.54, 1.807) is 0 Å². The molecule has 0 amide bonds. The molecule has 0 aliphatic carbocycles. The van der Waals surface area contributed by atoms with Crippen LogP contribution in [-0.2, 0) is 23.0 Å². The van der Waals surface area contributed by atoms with E-state index in [0.717, 1.165) is 35.5 Å². The van der Waals surface area contributed by atoms with Crippen molar-refractivity contribution in [2.24, 2.45) is 0 Å². The van der Waals surface area contributed by atoms with Gasteiger partial charge in [-0.05, 0) is 67.2 Å². The minimum absolute atomic E-state index is 0.0537. The first kappa shape index (κ1) is 24.8. The summed E-state index contributed by atoms with van der Waals surface area (Å²) in [6, 6.07) is 26.2. The highest BCUT2D eigenvalue weighted by Gasteiger charge is 2.42. The van der Waals surface area contributed by atoms with Crippen LogP contribution in [0.2, 0.25) is 0 Å². The molecule has 0 unspecified atom stereocenters. The number of ether oxygens (including phenoxy) is 1. The van der Waals surface area contributed by atoms with Gasteiger partial charge in [-0.15, -0.1) is 0 Å². The van der Waals surface area contributed by atoms with Crippen LogP contribution in [-0.4, -0.2) is 17.3 Å². The predicted octanol–water partition coefficient (Wildman–Crippen LogP) is 8.41. The number of benzene rings is 3. The molecule has 0 atom stereocenters. The van der Waals surface area contributed by atoms with Crippen molar-refractivity contribution in [3.63, 3.8) is 0 Å². The minimum atomic E-state index is -0.0537. The van der Waals surface area contributed by atoms with Gasteiger partial charge in [-0.1, -0.05) is 86.7 Å². The van der Waals surface area contributed by atoms with Crippen molar-refractivity contribution in [1.82, 2.24) is 0 Å². The van der Waals surface area contributed by atoms with Crippen molar-refractivity contribution >= 4 is 22.7 Å². The van der Waals surface area contributed by atoms with E-state index in [4.69, 9.17) is 4.74 Å². The molecule has 186 valence electrons. The Hall–Kier alpha value is -3.91. The number of allylic oxidation sites excluding steroid dienone is 6. The van der Waals surface area contributed by atoms with Crippen molar-refractivity contribution < 1.29 is 9.31 Å². The van der Waals surface area contributed by atoms with Crippen LogP contribution in [0, 0.1) is 0 Å². The smallest absolute Gasteiger partial charge is 0.209 e. The maximum Gasteiger partial charge on any atom is 0.209 e. The standard InChI is InChI=1S/C35H36NO/c1-6-25-15-19-27(20-16-25)29-23-30(37-33(24-29)28-21-17-26(7-2)18-22-28)11-10-14-34-35(3,4)31-12-8-9-13-32(31)36(34)5/h8-24H,6-7H2,1-5H3/q+1/b14-10+,30-11+. The van der Waals surface area contributed by atoms with Crippen LogP contribution in [0.3, 0.4) is 0 Å². The summed E-state index contributed by atoms with van der Waals surface area (Å²) >= 11 is 0. The van der Waals surface area contributed by atoms with Gasteiger partial charge in [0.25, 0.3) is 0 Å². The Bertz CT molecular complexity index is 1460. The fraction of sp³-hybridized carbons (Fsp3) is 0.229. The lowest BCUT2D eigenvalue weighted by molar-refractivity contribution is -0.401. The first-order chi connectivity index (χ1) is 17.9. The maximum atomic E-state index is 6.42. The van der Waals surface area contributed by atoms with Gasteiger partial charge in [-0.2, -0.15) is 4.58 Å². The van der Waals surface area contributed by atoms with Gasteiger partial charge in [0.15, 0.2) is 5.71 Å². The van der Waals surface area contributed by atoms with Crippen molar-refractivity contribution in [2.75, 3.05) is 7.05 Å². The zero-order valence-electron chi connectivity index (χ0n) is 22.6. The average molecular weight is 487 g/mol. The second-order valence-electron chi connectivity index (χ2n) is 10.3. The molecule has 5 rings (SSSR count). The van der Waals surface area contributed by atoms with Crippen LogP contribution in [0.1, 0.15) is 55.5 Å². The van der Waals surface area contributed by atoms with Crippen LogP contribution in [0.25, 0.3) is 11.3 Å². The van der Waals surface area contributed by atoms with Gasteiger partial charge in [-0.3, -0.25) is 0 Å². The Balaban J connectivity index is 1.49. The SMILES string of the molecule is CCc1ccc(C2=C/C(=C\C=C\C3=[N+](C)c4ccccc4C3(C)C)OC(c3ccc(CC)cc3)=C2)cc1. The van der Waals surface area contributed by atoms with Gasteiger partial charge in [0.2, 0.25) is 5.69 Å². The van der Waals surface area contributed by atoms with Crippen molar-refractivity contribution in [3.05, 3.63) is 137 Å². The Morgan fingerprint density at radius 3 is 2.03 bits per heavy atom. The molecule has 2 heteroatoms. The van der Waals surface area contributed by atoms with Crippen LogP contribution >= 0.6 is 0 Å². The molecule has 2 heterocycles. The first-order valence-corrected chi connectivity index (χ1v) is 13.3. The Morgan fingerprint density at radius 2 is 1.41 bits per heavy atom. The fourth-order valence-electron chi connectivity index (χ4n) is 5.29. The molecule has 0 N–H and O–H groups in total. The van der Waals surface area contributed by atoms with Gasteiger partial charge in [-0.25, -0.2) is 0 Å². The molecule has 0 bridgehead atoms. The van der Waals surface area contributed by atoms with E-state index in [0.29, 0.717) is 0 Å². The van der Waals surface area contributed by atoms with Gasteiger partial charge in [0, 0.05) is 23.3 Å². The topological polar surface area (TPSA) is 12.2 Å². The molecule has 37 heavy (non-hydrogen) atoms. The number of rotatable bonds is 6. The third kappa shape index (κ3) is 4.89. The third-order valence-corrected chi connectivity index (χ3v) is 7.61. The summed E-state index contributed by atoms with van der Waals surface area (Å²) < 4.78 is 8.71. The molecule has 2 aliphatic rings. The number of nitrogens with zero attached hydrogens (tertiary/aromatic N) is 1. The molecular weight excluding hydrogens is 450 g/mol. The molecule has 0 saturated carbocycles. The Kier molecular flexibility index (Phi) is 6.84. The molecule has 0 radical (unpaired) electrons. The maximum absolute atomic E-state index is 6.42. The zero-order valence-corrected chi connectivity index (χ0v) is 22.6. The molecule has 0 saturated heterocycles. The van der Waals surface area contributed by atoms with Gasteiger partial charge < -0.3 is 4.74 Å². The molecule has 0 spiro atoms. The van der Waals surface area contributed by atoms with Crippen LogP contribution < -0.4 is 0 Å². The first-order valence-electron chi connectivity index (χ1n) is 13.3.